The Morgan fingerprint density at radius 1 is 0.660 bits per heavy atom. The van der Waals surface area contributed by atoms with Crippen LogP contribution in [0.5, 0.6) is 0 Å². The zero-order valence-corrected chi connectivity index (χ0v) is 29.8. The molecule has 2 N–H and O–H groups in total. The Balaban J connectivity index is 1.03. The minimum Gasteiger partial charge on any atom is -0.324 e. The number of hydrogen-bond donors (Lipinski definition) is 1. The molecular formula is C48H41N5. The molecule has 53 heavy (non-hydrogen) atoms. The Labute approximate surface area is 310 Å². The molecule has 0 spiro atoms. The largest absolute Gasteiger partial charge is 0.324 e. The van der Waals surface area contributed by atoms with Gasteiger partial charge in [0, 0.05) is 40.6 Å². The minimum absolute atomic E-state index is 0.0203. The molecule has 258 valence electrons. The molecule has 3 aromatic heterocycles. The third-order valence-electron chi connectivity index (χ3n) is 10.8. The van der Waals surface area contributed by atoms with Gasteiger partial charge in [-0.3, -0.25) is 0 Å². The van der Waals surface area contributed by atoms with Crippen molar-refractivity contribution in [1.29, 1.82) is 0 Å². The number of pyridine rings is 1. The van der Waals surface area contributed by atoms with Crippen molar-refractivity contribution in [3.8, 4) is 44.9 Å². The molecule has 0 amide bonds. The lowest BCUT2D eigenvalue weighted by Gasteiger charge is -2.26. The van der Waals surface area contributed by atoms with Crippen LogP contribution in [-0.4, -0.2) is 25.4 Å². The smallest absolute Gasteiger partial charge is 0.160 e. The van der Waals surface area contributed by atoms with Crippen LogP contribution in [0.15, 0.2) is 164 Å². The van der Waals surface area contributed by atoms with E-state index in [1.807, 2.05) is 12.1 Å². The van der Waals surface area contributed by atoms with Crippen LogP contribution in [0.3, 0.4) is 0 Å². The van der Waals surface area contributed by atoms with E-state index in [9.17, 15) is 0 Å². The van der Waals surface area contributed by atoms with E-state index in [-0.39, 0.29) is 17.9 Å². The molecule has 9 rings (SSSR count). The van der Waals surface area contributed by atoms with E-state index in [1.54, 1.807) is 0 Å². The predicted octanol–water partition coefficient (Wildman–Crippen LogP) is 11.2. The molecule has 0 bridgehead atoms. The number of nitrogens with two attached hydrogens (primary N) is 1. The first-order chi connectivity index (χ1) is 26.1. The summed E-state index contributed by atoms with van der Waals surface area (Å²) in [6.45, 7) is 2.27. The Kier molecular flexibility index (Phi) is 8.70. The first kappa shape index (κ1) is 32.7. The molecule has 3 heterocycles. The summed E-state index contributed by atoms with van der Waals surface area (Å²) >= 11 is 0. The van der Waals surface area contributed by atoms with E-state index in [0.29, 0.717) is 0 Å². The van der Waals surface area contributed by atoms with Gasteiger partial charge < -0.3 is 10.1 Å². The second-order valence-corrected chi connectivity index (χ2v) is 14.0. The second kappa shape index (κ2) is 14.1. The number of para-hydroxylation sites is 1. The molecule has 5 heteroatoms. The van der Waals surface area contributed by atoms with Crippen molar-refractivity contribution >= 4 is 16.6 Å². The lowest BCUT2D eigenvalue weighted by molar-refractivity contribution is 0.528. The van der Waals surface area contributed by atoms with Crippen LogP contribution >= 0.6 is 0 Å². The first-order valence-electron chi connectivity index (χ1n) is 18.7. The van der Waals surface area contributed by atoms with Crippen LogP contribution in [0.2, 0.25) is 0 Å². The maximum atomic E-state index is 6.66. The number of benzene rings is 5. The normalized spacial score (nSPS) is 16.3. The molecule has 0 fully saturated rings. The van der Waals surface area contributed by atoms with Crippen LogP contribution in [0.4, 0.5) is 0 Å². The minimum atomic E-state index is -0.0203. The van der Waals surface area contributed by atoms with Crippen LogP contribution < -0.4 is 5.73 Å². The Morgan fingerprint density at radius 2 is 1.34 bits per heavy atom. The highest BCUT2D eigenvalue weighted by atomic mass is 15.0. The average Bonchev–Trinajstić information content (AvgIpc) is 3.60. The van der Waals surface area contributed by atoms with Gasteiger partial charge in [-0.2, -0.15) is 0 Å². The number of allylic oxidation sites excluding steroid dienone is 1. The van der Waals surface area contributed by atoms with Gasteiger partial charge in [0.2, 0.25) is 0 Å². The maximum absolute atomic E-state index is 6.66. The van der Waals surface area contributed by atoms with Gasteiger partial charge in [0.15, 0.2) is 5.82 Å². The van der Waals surface area contributed by atoms with Gasteiger partial charge in [0.25, 0.3) is 0 Å². The summed E-state index contributed by atoms with van der Waals surface area (Å²) in [5, 5.41) is 1.04. The number of rotatable bonds is 8. The van der Waals surface area contributed by atoms with Crippen molar-refractivity contribution in [3.05, 3.63) is 181 Å². The third-order valence-corrected chi connectivity index (χ3v) is 10.8. The number of aromatic nitrogens is 4. The molecule has 5 aromatic carbocycles. The summed E-state index contributed by atoms with van der Waals surface area (Å²) in [4.78, 5) is 15.4. The third kappa shape index (κ3) is 6.24. The maximum Gasteiger partial charge on any atom is 0.160 e. The quantitative estimate of drug-likeness (QED) is 0.161. The number of fused-ring (bicyclic) bond motifs is 2. The predicted molar refractivity (Wildman–Crippen MR) is 218 cm³/mol. The van der Waals surface area contributed by atoms with E-state index < -0.39 is 0 Å². The zero-order chi connectivity index (χ0) is 35.7. The Bertz CT molecular complexity index is 2570. The van der Waals surface area contributed by atoms with E-state index in [1.165, 1.54) is 22.4 Å². The van der Waals surface area contributed by atoms with E-state index in [4.69, 9.17) is 20.7 Å². The van der Waals surface area contributed by atoms with E-state index >= 15 is 0 Å². The van der Waals surface area contributed by atoms with Crippen molar-refractivity contribution < 1.29 is 0 Å². The summed E-state index contributed by atoms with van der Waals surface area (Å²) in [6.07, 6.45) is 9.53. The standard InChI is InChI=1S/C48H41N5/c1-2-39(47-46(40-17-6-8-19-42(40)49)51-44-21-10-11-30-53(44)47)35-26-22-33(23-27-35)34-24-28-36(29-25-34)45-41-18-7-9-20-43(41)50-48(52-45)38-16-12-15-37(31-38)32-13-4-3-5-14-32/h3-5,7-16,18-31,39-40,42H,2,6,17,49H2,1H3. The molecule has 0 saturated carbocycles. The van der Waals surface area contributed by atoms with Gasteiger partial charge in [-0.05, 0) is 71.3 Å². The molecule has 5 nitrogen and oxygen atoms in total. The van der Waals surface area contributed by atoms with E-state index in [2.05, 4.69) is 163 Å². The van der Waals surface area contributed by atoms with Gasteiger partial charge in [-0.25, -0.2) is 15.0 Å². The Hall–Kier alpha value is -6.17. The number of nitrogens with zero attached hydrogens (tertiary/aromatic N) is 4. The zero-order valence-electron chi connectivity index (χ0n) is 29.8. The fourth-order valence-corrected chi connectivity index (χ4v) is 8.04. The van der Waals surface area contributed by atoms with Gasteiger partial charge in [-0.1, -0.05) is 140 Å². The summed E-state index contributed by atoms with van der Waals surface area (Å²) in [5.74, 6) is 1.13. The summed E-state index contributed by atoms with van der Waals surface area (Å²) in [6, 6.07) is 51.3. The molecule has 0 saturated heterocycles. The summed E-state index contributed by atoms with van der Waals surface area (Å²) < 4.78 is 2.28. The van der Waals surface area contributed by atoms with Crippen molar-refractivity contribution in [2.24, 2.45) is 5.73 Å². The SMILES string of the molecule is CCC(c1ccc(-c2ccc(-c3nc(-c4cccc(-c5ccccc5)c4)nc4ccccc34)cc2)cc1)c1c(C2CCC=CC2N)nc2ccccn12. The monoisotopic (exact) mass is 687 g/mol. The molecule has 1 aliphatic rings. The topological polar surface area (TPSA) is 69.1 Å². The van der Waals surface area contributed by atoms with Gasteiger partial charge in [-0.15, -0.1) is 0 Å². The molecule has 1 aliphatic carbocycles. The first-order valence-corrected chi connectivity index (χ1v) is 18.7. The highest BCUT2D eigenvalue weighted by Crippen LogP contribution is 2.39. The number of imidazole rings is 1. The lowest BCUT2D eigenvalue weighted by Crippen LogP contribution is -2.29. The van der Waals surface area contributed by atoms with Crippen LogP contribution in [-0.2, 0) is 0 Å². The fraction of sp³-hybridized carbons (Fsp3) is 0.146. The number of hydrogen-bond acceptors (Lipinski definition) is 4. The van der Waals surface area contributed by atoms with E-state index in [0.717, 1.165) is 75.3 Å². The summed E-state index contributed by atoms with van der Waals surface area (Å²) in [7, 11) is 0. The molecule has 3 atom stereocenters. The molecule has 0 aliphatic heterocycles. The highest BCUT2D eigenvalue weighted by molar-refractivity contribution is 5.94. The van der Waals surface area contributed by atoms with Crippen LogP contribution in [0.1, 0.15) is 55.0 Å². The lowest BCUT2D eigenvalue weighted by atomic mass is 9.82. The molecule has 8 aromatic rings. The van der Waals surface area contributed by atoms with Crippen molar-refractivity contribution in [1.82, 2.24) is 19.4 Å². The van der Waals surface area contributed by atoms with Gasteiger partial charge in [0.05, 0.1) is 22.6 Å². The van der Waals surface area contributed by atoms with Crippen LogP contribution in [0.25, 0.3) is 61.4 Å². The molecule has 0 radical (unpaired) electrons. The summed E-state index contributed by atoms with van der Waals surface area (Å²) in [5.41, 5.74) is 19.9. The van der Waals surface area contributed by atoms with Crippen molar-refractivity contribution in [2.45, 2.75) is 44.1 Å². The van der Waals surface area contributed by atoms with Gasteiger partial charge >= 0.3 is 0 Å². The average molecular weight is 688 g/mol. The fourth-order valence-electron chi connectivity index (χ4n) is 8.04. The van der Waals surface area contributed by atoms with Crippen LogP contribution in [0, 0.1) is 0 Å². The van der Waals surface area contributed by atoms with Crippen molar-refractivity contribution in [2.75, 3.05) is 0 Å². The highest BCUT2D eigenvalue weighted by Gasteiger charge is 2.30. The molecular weight excluding hydrogens is 647 g/mol. The van der Waals surface area contributed by atoms with Gasteiger partial charge in [0.1, 0.15) is 5.65 Å². The second-order valence-electron chi connectivity index (χ2n) is 14.0. The van der Waals surface area contributed by atoms with Crippen molar-refractivity contribution in [3.63, 3.8) is 0 Å². The Morgan fingerprint density at radius 3 is 2.13 bits per heavy atom. The molecule has 3 unspecified atom stereocenters.